The van der Waals surface area contributed by atoms with E-state index in [2.05, 4.69) is 26.2 Å². The molecule has 0 fully saturated rings. The van der Waals surface area contributed by atoms with Crippen molar-refractivity contribution in [2.24, 2.45) is 0 Å². The van der Waals surface area contributed by atoms with Gasteiger partial charge in [-0.2, -0.15) is 0 Å². The Labute approximate surface area is 145 Å². The van der Waals surface area contributed by atoms with Crippen molar-refractivity contribution in [2.45, 2.75) is 19.6 Å². The molecular formula is C17H21BrN2O3. The van der Waals surface area contributed by atoms with Crippen LogP contribution in [-0.2, 0) is 11.3 Å². The van der Waals surface area contributed by atoms with Crippen molar-refractivity contribution >= 4 is 21.7 Å². The van der Waals surface area contributed by atoms with Crippen LogP contribution in [0.25, 0.3) is 0 Å². The fraction of sp³-hybridized carbons (Fsp3) is 0.353. The highest BCUT2D eigenvalue weighted by Crippen LogP contribution is 2.28. The summed E-state index contributed by atoms with van der Waals surface area (Å²) in [7, 11) is 4.96. The van der Waals surface area contributed by atoms with E-state index in [9.17, 15) is 0 Å². The van der Waals surface area contributed by atoms with E-state index in [1.165, 1.54) is 0 Å². The normalized spacial score (nSPS) is 11.9. The Morgan fingerprint density at radius 3 is 2.57 bits per heavy atom. The summed E-state index contributed by atoms with van der Waals surface area (Å²) < 4.78 is 16.8. The molecule has 1 N–H and O–H groups in total. The van der Waals surface area contributed by atoms with Crippen molar-refractivity contribution in [3.05, 3.63) is 46.1 Å². The molecule has 1 atom stereocenters. The van der Waals surface area contributed by atoms with Gasteiger partial charge < -0.3 is 19.5 Å². The van der Waals surface area contributed by atoms with Crippen LogP contribution in [-0.4, -0.2) is 26.3 Å². The average Bonchev–Trinajstić information content (AvgIpc) is 2.59. The molecule has 0 aliphatic rings. The van der Waals surface area contributed by atoms with Crippen molar-refractivity contribution in [3.8, 4) is 11.5 Å². The molecule has 124 valence electrons. The first-order valence-corrected chi connectivity index (χ1v) is 8.01. The molecule has 0 spiro atoms. The first kappa shape index (κ1) is 17.6. The van der Waals surface area contributed by atoms with Crippen molar-refractivity contribution in [1.29, 1.82) is 0 Å². The van der Waals surface area contributed by atoms with E-state index in [-0.39, 0.29) is 6.10 Å². The maximum Gasteiger partial charge on any atom is 0.140 e. The Hall–Kier alpha value is -1.79. The molecule has 5 nitrogen and oxygen atoms in total. The lowest BCUT2D eigenvalue weighted by molar-refractivity contribution is 0.119. The fourth-order valence-corrected chi connectivity index (χ4v) is 2.62. The molecule has 0 aliphatic carbocycles. The van der Waals surface area contributed by atoms with Crippen molar-refractivity contribution < 1.29 is 14.2 Å². The summed E-state index contributed by atoms with van der Waals surface area (Å²) in [6.45, 7) is 2.58. The maximum atomic E-state index is 5.40. The highest BCUT2D eigenvalue weighted by atomic mass is 79.9. The van der Waals surface area contributed by atoms with Gasteiger partial charge in [0.15, 0.2) is 0 Å². The Morgan fingerprint density at radius 1 is 1.17 bits per heavy atom. The molecule has 0 amide bonds. The largest absolute Gasteiger partial charge is 0.497 e. The Balaban J connectivity index is 2.12. The van der Waals surface area contributed by atoms with E-state index in [0.717, 1.165) is 32.9 Å². The van der Waals surface area contributed by atoms with Crippen LogP contribution < -0.4 is 14.8 Å². The number of hydrogen-bond acceptors (Lipinski definition) is 5. The molecule has 0 radical (unpaired) electrons. The number of methoxy groups -OCH3 is 3. The summed E-state index contributed by atoms with van der Waals surface area (Å²) >= 11 is 3.54. The lowest BCUT2D eigenvalue weighted by Gasteiger charge is -2.14. The Kier molecular flexibility index (Phi) is 6.24. The monoisotopic (exact) mass is 380 g/mol. The first-order valence-electron chi connectivity index (χ1n) is 7.22. The number of rotatable bonds is 7. The van der Waals surface area contributed by atoms with Crippen LogP contribution in [0.3, 0.4) is 0 Å². The third kappa shape index (κ3) is 4.36. The van der Waals surface area contributed by atoms with Crippen LogP contribution in [0.1, 0.15) is 24.2 Å². The number of halogens is 1. The van der Waals surface area contributed by atoms with Crippen molar-refractivity contribution in [3.63, 3.8) is 0 Å². The zero-order chi connectivity index (χ0) is 16.8. The zero-order valence-corrected chi connectivity index (χ0v) is 15.3. The van der Waals surface area contributed by atoms with Gasteiger partial charge in [-0.3, -0.25) is 0 Å². The molecule has 0 bridgehead atoms. The summed E-state index contributed by atoms with van der Waals surface area (Å²) in [5.41, 5.74) is 2.04. The van der Waals surface area contributed by atoms with Crippen LogP contribution in [0.4, 0.5) is 5.82 Å². The van der Waals surface area contributed by atoms with E-state index in [1.807, 2.05) is 37.4 Å². The molecule has 2 rings (SSSR count). The number of ether oxygens (including phenoxy) is 3. The van der Waals surface area contributed by atoms with Crippen LogP contribution in [0, 0.1) is 0 Å². The van der Waals surface area contributed by atoms with Crippen LogP contribution >= 0.6 is 15.9 Å². The second-order valence-electron chi connectivity index (χ2n) is 5.01. The molecule has 0 aliphatic heterocycles. The predicted octanol–water partition coefficient (Wildman–Crippen LogP) is 4.18. The fourth-order valence-electron chi connectivity index (χ4n) is 2.12. The van der Waals surface area contributed by atoms with Gasteiger partial charge in [0, 0.05) is 37.0 Å². The van der Waals surface area contributed by atoms with E-state index < -0.39 is 0 Å². The van der Waals surface area contributed by atoms with Gasteiger partial charge in [0.05, 0.1) is 24.8 Å². The number of pyridine rings is 1. The molecule has 1 heterocycles. The number of anilines is 1. The van der Waals surface area contributed by atoms with Gasteiger partial charge in [-0.05, 0) is 41.1 Å². The van der Waals surface area contributed by atoms with Crippen LogP contribution in [0.2, 0.25) is 0 Å². The smallest absolute Gasteiger partial charge is 0.140 e. The minimum Gasteiger partial charge on any atom is -0.497 e. The first-order chi connectivity index (χ1) is 11.1. The third-order valence-corrected chi connectivity index (χ3v) is 4.23. The molecule has 0 saturated carbocycles. The van der Waals surface area contributed by atoms with E-state index in [0.29, 0.717) is 6.54 Å². The maximum absolute atomic E-state index is 5.40. The Morgan fingerprint density at radius 2 is 1.96 bits per heavy atom. The quantitative estimate of drug-likeness (QED) is 0.780. The van der Waals surface area contributed by atoms with E-state index in [1.54, 1.807) is 21.3 Å². The van der Waals surface area contributed by atoms with Gasteiger partial charge in [0.25, 0.3) is 0 Å². The summed E-state index contributed by atoms with van der Waals surface area (Å²) in [4.78, 5) is 4.45. The summed E-state index contributed by atoms with van der Waals surface area (Å²) in [6, 6.07) is 7.75. The molecule has 1 unspecified atom stereocenters. The highest BCUT2D eigenvalue weighted by molar-refractivity contribution is 9.10. The minimum absolute atomic E-state index is 0.00883. The van der Waals surface area contributed by atoms with Gasteiger partial charge in [-0.15, -0.1) is 0 Å². The van der Waals surface area contributed by atoms with Gasteiger partial charge >= 0.3 is 0 Å². The second kappa shape index (κ2) is 8.17. The van der Waals surface area contributed by atoms with Crippen LogP contribution in [0.5, 0.6) is 11.5 Å². The third-order valence-electron chi connectivity index (χ3n) is 3.63. The molecule has 1 aromatic heterocycles. The van der Waals surface area contributed by atoms with Gasteiger partial charge in [-0.25, -0.2) is 4.98 Å². The molecule has 1 aromatic carbocycles. The minimum atomic E-state index is 0.00883. The van der Waals surface area contributed by atoms with E-state index >= 15 is 0 Å². The summed E-state index contributed by atoms with van der Waals surface area (Å²) in [5.74, 6) is 2.32. The SMILES string of the molecule is COc1ccc(CNc2ncc(C(C)OC)cc2Br)c(OC)c1. The highest BCUT2D eigenvalue weighted by Gasteiger charge is 2.10. The molecule has 0 saturated heterocycles. The number of hydrogen-bond donors (Lipinski definition) is 1. The number of benzene rings is 1. The predicted molar refractivity (Wildman–Crippen MR) is 94.2 cm³/mol. The van der Waals surface area contributed by atoms with Gasteiger partial charge in [0.1, 0.15) is 17.3 Å². The van der Waals surface area contributed by atoms with Crippen molar-refractivity contribution in [2.75, 3.05) is 26.6 Å². The van der Waals surface area contributed by atoms with Gasteiger partial charge in [0.2, 0.25) is 0 Å². The summed E-state index contributed by atoms with van der Waals surface area (Å²) in [6.07, 6.45) is 1.82. The standard InChI is InChI=1S/C17H21BrN2O3/c1-11(21-2)13-7-15(18)17(20-10-13)19-9-12-5-6-14(22-3)8-16(12)23-4/h5-8,10-11H,9H2,1-4H3,(H,19,20). The zero-order valence-electron chi connectivity index (χ0n) is 13.7. The Bertz CT molecular complexity index is 664. The molecule has 2 aromatic rings. The number of nitrogens with zero attached hydrogens (tertiary/aromatic N) is 1. The second-order valence-corrected chi connectivity index (χ2v) is 5.86. The topological polar surface area (TPSA) is 52.6 Å². The van der Waals surface area contributed by atoms with Crippen LogP contribution in [0.15, 0.2) is 34.9 Å². The lowest BCUT2D eigenvalue weighted by atomic mass is 10.1. The molecule has 6 heteroatoms. The molecular weight excluding hydrogens is 360 g/mol. The van der Waals surface area contributed by atoms with Crippen molar-refractivity contribution in [1.82, 2.24) is 4.98 Å². The van der Waals surface area contributed by atoms with E-state index in [4.69, 9.17) is 14.2 Å². The summed E-state index contributed by atoms with van der Waals surface area (Å²) in [5, 5.41) is 3.31. The van der Waals surface area contributed by atoms with Gasteiger partial charge in [-0.1, -0.05) is 0 Å². The number of nitrogens with one attached hydrogen (secondary N) is 1. The molecule has 23 heavy (non-hydrogen) atoms. The number of aromatic nitrogens is 1. The lowest BCUT2D eigenvalue weighted by Crippen LogP contribution is -2.05. The average molecular weight is 381 g/mol.